The van der Waals surface area contributed by atoms with Crippen LogP contribution < -0.4 is 4.90 Å². The lowest BCUT2D eigenvalue weighted by molar-refractivity contribution is -0.146. The summed E-state index contributed by atoms with van der Waals surface area (Å²) in [6.45, 7) is 3.40. The van der Waals surface area contributed by atoms with Crippen LogP contribution in [0.15, 0.2) is 42.5 Å². The maximum absolute atomic E-state index is 13.0. The summed E-state index contributed by atoms with van der Waals surface area (Å²) in [6.07, 6.45) is -0.679. The summed E-state index contributed by atoms with van der Waals surface area (Å²) in [5, 5.41) is 10.9. The first kappa shape index (κ1) is 17.5. The van der Waals surface area contributed by atoms with Gasteiger partial charge >= 0.3 is 6.18 Å². The highest BCUT2D eigenvalue weighted by atomic mass is 19.4. The van der Waals surface area contributed by atoms with E-state index in [1.54, 1.807) is 6.07 Å². The molecule has 1 aromatic carbocycles. The Morgan fingerprint density at radius 2 is 1.81 bits per heavy atom. The van der Waals surface area contributed by atoms with Gasteiger partial charge in [-0.3, -0.25) is 0 Å². The summed E-state index contributed by atoms with van der Waals surface area (Å²) in [6, 6.07) is 11.7. The second-order valence-electron chi connectivity index (χ2n) is 6.46. The van der Waals surface area contributed by atoms with Crippen LogP contribution in [0.4, 0.5) is 19.0 Å². The van der Waals surface area contributed by atoms with Gasteiger partial charge in [-0.05, 0) is 41.7 Å². The van der Waals surface area contributed by atoms with E-state index < -0.39 is 12.0 Å². The molecule has 0 N–H and O–H groups in total. The molecule has 3 aromatic rings. The number of aryl methyl sites for hydroxylation is 1. The van der Waals surface area contributed by atoms with E-state index in [0.29, 0.717) is 18.9 Å². The Balaban J connectivity index is 1.57. The van der Waals surface area contributed by atoms with Crippen LogP contribution in [0, 0.1) is 0 Å². The number of aromatic nitrogens is 4. The van der Waals surface area contributed by atoms with Crippen molar-refractivity contribution < 1.29 is 13.2 Å². The fourth-order valence-corrected chi connectivity index (χ4v) is 3.22. The molecule has 0 aliphatic carbocycles. The standard InChI is InChI=1S/C19H18F3N5/c1-2-13-3-5-14(6-4-13)15-9-11-26(12-10-15)17-8-7-16-23-24-18(19(20,21)22)27(16)25-17/h3-9H,2,10-12H2,1H3. The third kappa shape index (κ3) is 3.39. The average molecular weight is 373 g/mol. The lowest BCUT2D eigenvalue weighted by Crippen LogP contribution is -2.29. The molecule has 0 fully saturated rings. The Hall–Kier alpha value is -2.90. The number of benzene rings is 1. The van der Waals surface area contributed by atoms with Crippen molar-refractivity contribution in [3.63, 3.8) is 0 Å². The normalized spacial score (nSPS) is 15.3. The number of halogens is 3. The van der Waals surface area contributed by atoms with Crippen molar-refractivity contribution in [3.8, 4) is 0 Å². The van der Waals surface area contributed by atoms with Crippen molar-refractivity contribution in [1.82, 2.24) is 19.8 Å². The molecule has 0 saturated carbocycles. The number of alkyl halides is 3. The van der Waals surface area contributed by atoms with E-state index in [1.165, 1.54) is 22.8 Å². The van der Waals surface area contributed by atoms with Gasteiger partial charge in [-0.15, -0.1) is 15.3 Å². The van der Waals surface area contributed by atoms with Gasteiger partial charge < -0.3 is 4.90 Å². The van der Waals surface area contributed by atoms with E-state index in [-0.39, 0.29) is 5.65 Å². The Morgan fingerprint density at radius 1 is 1.04 bits per heavy atom. The molecule has 140 valence electrons. The quantitative estimate of drug-likeness (QED) is 0.696. The van der Waals surface area contributed by atoms with Gasteiger partial charge in [0, 0.05) is 13.1 Å². The van der Waals surface area contributed by atoms with E-state index in [1.807, 2.05) is 4.90 Å². The highest BCUT2D eigenvalue weighted by molar-refractivity contribution is 5.68. The van der Waals surface area contributed by atoms with Gasteiger partial charge in [0.1, 0.15) is 5.82 Å². The second kappa shape index (κ2) is 6.68. The molecule has 0 amide bonds. The molecule has 0 unspecified atom stereocenters. The van der Waals surface area contributed by atoms with E-state index >= 15 is 0 Å². The molecule has 1 aliphatic rings. The molecule has 27 heavy (non-hydrogen) atoms. The van der Waals surface area contributed by atoms with E-state index in [4.69, 9.17) is 0 Å². The third-order valence-electron chi connectivity index (χ3n) is 4.77. The molecule has 4 rings (SSSR count). The van der Waals surface area contributed by atoms with Crippen molar-refractivity contribution in [2.75, 3.05) is 18.0 Å². The van der Waals surface area contributed by atoms with Gasteiger partial charge in [0.2, 0.25) is 0 Å². The number of fused-ring (bicyclic) bond motifs is 1. The van der Waals surface area contributed by atoms with Gasteiger partial charge in [0.25, 0.3) is 5.82 Å². The summed E-state index contributed by atoms with van der Waals surface area (Å²) < 4.78 is 39.9. The fraction of sp³-hybridized carbons (Fsp3) is 0.316. The molecule has 5 nitrogen and oxygen atoms in total. The largest absolute Gasteiger partial charge is 0.453 e. The van der Waals surface area contributed by atoms with Crippen LogP contribution >= 0.6 is 0 Å². The van der Waals surface area contributed by atoms with E-state index in [9.17, 15) is 13.2 Å². The maximum Gasteiger partial charge on any atom is 0.453 e. The minimum atomic E-state index is -4.59. The Bertz CT molecular complexity index is 989. The molecular formula is C19H18F3N5. The molecule has 1 aliphatic heterocycles. The summed E-state index contributed by atoms with van der Waals surface area (Å²) in [4.78, 5) is 1.95. The maximum atomic E-state index is 13.0. The van der Waals surface area contributed by atoms with Gasteiger partial charge in [-0.2, -0.15) is 17.7 Å². The SMILES string of the molecule is CCc1ccc(C2=CCN(c3ccc4nnc(C(F)(F)F)n4n3)CC2)cc1. The van der Waals surface area contributed by atoms with E-state index in [0.717, 1.165) is 17.4 Å². The molecular weight excluding hydrogens is 355 g/mol. The van der Waals surface area contributed by atoms with Crippen molar-refractivity contribution >= 4 is 17.0 Å². The van der Waals surface area contributed by atoms with Gasteiger partial charge in [-0.25, -0.2) is 0 Å². The van der Waals surface area contributed by atoms with Crippen LogP contribution in [0.2, 0.25) is 0 Å². The van der Waals surface area contributed by atoms with Crippen LogP contribution in [0.3, 0.4) is 0 Å². The van der Waals surface area contributed by atoms with Gasteiger partial charge in [0.05, 0.1) is 0 Å². The highest BCUT2D eigenvalue weighted by Crippen LogP contribution is 2.29. The third-order valence-corrected chi connectivity index (χ3v) is 4.77. The zero-order valence-corrected chi connectivity index (χ0v) is 14.7. The fourth-order valence-electron chi connectivity index (χ4n) is 3.22. The summed E-state index contributed by atoms with van der Waals surface area (Å²) in [7, 11) is 0. The van der Waals surface area contributed by atoms with Crippen molar-refractivity contribution in [3.05, 3.63) is 59.4 Å². The van der Waals surface area contributed by atoms with Crippen LogP contribution in [-0.4, -0.2) is 32.9 Å². The highest BCUT2D eigenvalue weighted by Gasteiger charge is 2.37. The topological polar surface area (TPSA) is 46.3 Å². The summed E-state index contributed by atoms with van der Waals surface area (Å²) >= 11 is 0. The molecule has 0 bridgehead atoms. The number of rotatable bonds is 3. The molecule has 0 saturated heterocycles. The molecule has 0 radical (unpaired) electrons. The van der Waals surface area contributed by atoms with Crippen molar-refractivity contribution in [1.29, 1.82) is 0 Å². The molecule has 2 aromatic heterocycles. The summed E-state index contributed by atoms with van der Waals surface area (Å²) in [5.74, 6) is -0.631. The minimum absolute atomic E-state index is 0.0790. The van der Waals surface area contributed by atoms with Crippen LogP contribution in [-0.2, 0) is 12.6 Å². The van der Waals surface area contributed by atoms with E-state index in [2.05, 4.69) is 52.6 Å². The summed E-state index contributed by atoms with van der Waals surface area (Å²) in [5.41, 5.74) is 3.81. The lowest BCUT2D eigenvalue weighted by Gasteiger charge is -2.27. The number of anilines is 1. The first-order chi connectivity index (χ1) is 13.0. The number of nitrogens with zero attached hydrogens (tertiary/aromatic N) is 5. The predicted octanol–water partition coefficient (Wildman–Crippen LogP) is 4.00. The molecule has 8 heteroatoms. The molecule has 0 spiro atoms. The molecule has 0 atom stereocenters. The van der Waals surface area contributed by atoms with Crippen LogP contribution in [0.1, 0.15) is 30.3 Å². The zero-order chi connectivity index (χ0) is 19.0. The van der Waals surface area contributed by atoms with Gasteiger partial charge in [0.15, 0.2) is 5.65 Å². The first-order valence-corrected chi connectivity index (χ1v) is 8.78. The Morgan fingerprint density at radius 3 is 2.44 bits per heavy atom. The lowest BCUT2D eigenvalue weighted by atomic mass is 9.98. The smallest absolute Gasteiger partial charge is 0.351 e. The number of hydrogen-bond acceptors (Lipinski definition) is 4. The monoisotopic (exact) mass is 373 g/mol. The number of hydrogen-bond donors (Lipinski definition) is 0. The average Bonchev–Trinajstić information content (AvgIpc) is 3.12. The van der Waals surface area contributed by atoms with Gasteiger partial charge in [-0.1, -0.05) is 37.3 Å². The van der Waals surface area contributed by atoms with Crippen molar-refractivity contribution in [2.45, 2.75) is 25.9 Å². The molecule has 3 heterocycles. The minimum Gasteiger partial charge on any atom is -0.351 e. The zero-order valence-electron chi connectivity index (χ0n) is 14.7. The van der Waals surface area contributed by atoms with Crippen molar-refractivity contribution in [2.24, 2.45) is 0 Å². The Kier molecular flexibility index (Phi) is 4.33. The second-order valence-corrected chi connectivity index (χ2v) is 6.46. The van der Waals surface area contributed by atoms with Crippen LogP contribution in [0.25, 0.3) is 11.2 Å². The Labute approximate surface area is 154 Å². The first-order valence-electron chi connectivity index (χ1n) is 8.78. The van der Waals surface area contributed by atoms with Crippen LogP contribution in [0.5, 0.6) is 0 Å². The predicted molar refractivity (Wildman–Crippen MR) is 96.4 cm³/mol.